The largest absolute Gasteiger partial charge is 0.481 e. The summed E-state index contributed by atoms with van der Waals surface area (Å²) in [6, 6.07) is 0. The number of nitrogens with one attached hydrogen (secondary N) is 1. The van der Waals surface area contributed by atoms with Gasteiger partial charge in [-0.3, -0.25) is 4.79 Å². The normalized spacial score (nSPS) is 39.5. The summed E-state index contributed by atoms with van der Waals surface area (Å²) in [4.78, 5) is 11.0. The van der Waals surface area contributed by atoms with Crippen molar-refractivity contribution < 1.29 is 9.90 Å². The van der Waals surface area contributed by atoms with Crippen LogP contribution in [0.1, 0.15) is 25.7 Å². The van der Waals surface area contributed by atoms with E-state index in [-0.39, 0.29) is 5.92 Å². The van der Waals surface area contributed by atoms with Gasteiger partial charge in [-0.15, -0.1) is 0 Å². The molecule has 3 unspecified atom stereocenters. The summed E-state index contributed by atoms with van der Waals surface area (Å²) in [5, 5.41) is 12.4. The molecule has 0 amide bonds. The van der Waals surface area contributed by atoms with Crippen LogP contribution in [0.2, 0.25) is 0 Å². The lowest BCUT2D eigenvalue weighted by atomic mass is 9.69. The number of carboxylic acid groups (broad SMARTS) is 1. The summed E-state index contributed by atoms with van der Waals surface area (Å²) in [6.45, 7) is 2.04. The van der Waals surface area contributed by atoms with Gasteiger partial charge in [-0.25, -0.2) is 0 Å². The molecule has 1 saturated carbocycles. The molecular formula is C10H17NO2. The molecule has 0 radical (unpaired) electrons. The Morgan fingerprint density at radius 1 is 1.31 bits per heavy atom. The Kier molecular flexibility index (Phi) is 2.54. The molecular weight excluding hydrogens is 166 g/mol. The molecule has 0 aromatic heterocycles. The Morgan fingerprint density at radius 3 is 2.92 bits per heavy atom. The van der Waals surface area contributed by atoms with Crippen molar-refractivity contribution in [3.63, 3.8) is 0 Å². The Morgan fingerprint density at radius 2 is 2.15 bits per heavy atom. The predicted octanol–water partition coefficient (Wildman–Crippen LogP) is 1.10. The van der Waals surface area contributed by atoms with Crippen LogP contribution in [0.5, 0.6) is 0 Å². The highest BCUT2D eigenvalue weighted by atomic mass is 16.4. The van der Waals surface area contributed by atoms with Crippen LogP contribution in [0.3, 0.4) is 0 Å². The SMILES string of the molecule is O=C(O)C1CCCC2CNCCC21. The molecule has 2 fully saturated rings. The number of carbonyl (C=O) groups is 1. The van der Waals surface area contributed by atoms with E-state index in [0.717, 1.165) is 32.4 Å². The average Bonchev–Trinajstić information content (AvgIpc) is 2.17. The van der Waals surface area contributed by atoms with Crippen LogP contribution in [-0.2, 0) is 4.79 Å². The monoisotopic (exact) mass is 183 g/mol. The van der Waals surface area contributed by atoms with Gasteiger partial charge in [0.15, 0.2) is 0 Å². The first kappa shape index (κ1) is 9.00. The van der Waals surface area contributed by atoms with Gasteiger partial charge in [-0.2, -0.15) is 0 Å². The molecule has 13 heavy (non-hydrogen) atoms. The van der Waals surface area contributed by atoms with Gasteiger partial charge in [0.25, 0.3) is 0 Å². The second-order valence-electron chi connectivity index (χ2n) is 4.29. The first-order valence-corrected chi connectivity index (χ1v) is 5.22. The van der Waals surface area contributed by atoms with Gasteiger partial charge in [-0.05, 0) is 44.2 Å². The van der Waals surface area contributed by atoms with E-state index in [1.165, 1.54) is 6.42 Å². The van der Waals surface area contributed by atoms with Gasteiger partial charge in [-0.1, -0.05) is 6.42 Å². The third kappa shape index (κ3) is 1.70. The molecule has 3 heteroatoms. The van der Waals surface area contributed by atoms with Crippen LogP contribution in [0.15, 0.2) is 0 Å². The van der Waals surface area contributed by atoms with Crippen molar-refractivity contribution in [2.45, 2.75) is 25.7 Å². The molecule has 2 aliphatic rings. The van der Waals surface area contributed by atoms with Gasteiger partial charge in [0.2, 0.25) is 0 Å². The number of rotatable bonds is 1. The maximum absolute atomic E-state index is 11.0. The van der Waals surface area contributed by atoms with Crippen molar-refractivity contribution >= 4 is 5.97 Å². The number of piperidine rings is 1. The third-order valence-corrected chi connectivity index (χ3v) is 3.59. The van der Waals surface area contributed by atoms with Crippen LogP contribution < -0.4 is 5.32 Å². The Hall–Kier alpha value is -0.570. The predicted molar refractivity (Wildman–Crippen MR) is 49.4 cm³/mol. The van der Waals surface area contributed by atoms with E-state index in [1.54, 1.807) is 0 Å². The topological polar surface area (TPSA) is 49.3 Å². The Bertz CT molecular complexity index is 203. The van der Waals surface area contributed by atoms with Crippen molar-refractivity contribution in [2.24, 2.45) is 17.8 Å². The highest BCUT2D eigenvalue weighted by molar-refractivity contribution is 5.70. The van der Waals surface area contributed by atoms with Gasteiger partial charge in [0.1, 0.15) is 0 Å². The van der Waals surface area contributed by atoms with Crippen LogP contribution in [-0.4, -0.2) is 24.2 Å². The van der Waals surface area contributed by atoms with Crippen LogP contribution >= 0.6 is 0 Å². The van der Waals surface area contributed by atoms with E-state index in [4.69, 9.17) is 5.11 Å². The lowest BCUT2D eigenvalue weighted by molar-refractivity contribution is -0.146. The smallest absolute Gasteiger partial charge is 0.306 e. The fourth-order valence-electron chi connectivity index (χ4n) is 2.91. The zero-order valence-electron chi connectivity index (χ0n) is 7.83. The zero-order chi connectivity index (χ0) is 9.26. The number of fused-ring (bicyclic) bond motifs is 1. The molecule has 1 heterocycles. The van der Waals surface area contributed by atoms with E-state index in [0.29, 0.717) is 11.8 Å². The second-order valence-corrected chi connectivity index (χ2v) is 4.29. The first-order chi connectivity index (χ1) is 6.29. The van der Waals surface area contributed by atoms with E-state index in [9.17, 15) is 4.79 Å². The van der Waals surface area contributed by atoms with Crippen molar-refractivity contribution in [3.05, 3.63) is 0 Å². The molecule has 1 aliphatic heterocycles. The minimum absolute atomic E-state index is 0.0548. The minimum Gasteiger partial charge on any atom is -0.481 e. The maximum Gasteiger partial charge on any atom is 0.306 e. The lowest BCUT2D eigenvalue weighted by Crippen LogP contribution is -2.44. The average molecular weight is 183 g/mol. The molecule has 0 bridgehead atoms. The van der Waals surface area contributed by atoms with Crippen molar-refractivity contribution in [1.29, 1.82) is 0 Å². The molecule has 74 valence electrons. The van der Waals surface area contributed by atoms with E-state index in [2.05, 4.69) is 5.32 Å². The van der Waals surface area contributed by atoms with Gasteiger partial charge < -0.3 is 10.4 Å². The molecule has 2 rings (SSSR count). The quantitative estimate of drug-likeness (QED) is 0.640. The van der Waals surface area contributed by atoms with E-state index >= 15 is 0 Å². The Balaban J connectivity index is 2.06. The summed E-state index contributed by atoms with van der Waals surface area (Å²) in [7, 11) is 0. The lowest BCUT2D eigenvalue weighted by Gasteiger charge is -2.39. The molecule has 3 atom stereocenters. The molecule has 0 aromatic rings. The highest BCUT2D eigenvalue weighted by Gasteiger charge is 2.38. The van der Waals surface area contributed by atoms with Crippen LogP contribution in [0.25, 0.3) is 0 Å². The molecule has 3 nitrogen and oxygen atoms in total. The molecule has 1 aliphatic carbocycles. The first-order valence-electron chi connectivity index (χ1n) is 5.22. The molecule has 0 aromatic carbocycles. The Labute approximate surface area is 78.5 Å². The molecule has 2 N–H and O–H groups in total. The highest BCUT2D eigenvalue weighted by Crippen LogP contribution is 2.38. The van der Waals surface area contributed by atoms with Gasteiger partial charge in [0, 0.05) is 0 Å². The van der Waals surface area contributed by atoms with Crippen molar-refractivity contribution in [1.82, 2.24) is 5.32 Å². The fourth-order valence-corrected chi connectivity index (χ4v) is 2.91. The summed E-state index contributed by atoms with van der Waals surface area (Å²) in [5.41, 5.74) is 0. The second kappa shape index (κ2) is 3.66. The number of carboxylic acids is 1. The van der Waals surface area contributed by atoms with E-state index in [1.807, 2.05) is 0 Å². The summed E-state index contributed by atoms with van der Waals surface area (Å²) < 4.78 is 0. The minimum atomic E-state index is -0.573. The summed E-state index contributed by atoms with van der Waals surface area (Å²) in [5.74, 6) is 0.452. The summed E-state index contributed by atoms with van der Waals surface area (Å²) in [6.07, 6.45) is 4.28. The molecule has 1 saturated heterocycles. The number of aliphatic carboxylic acids is 1. The summed E-state index contributed by atoms with van der Waals surface area (Å²) >= 11 is 0. The fraction of sp³-hybridized carbons (Fsp3) is 0.900. The van der Waals surface area contributed by atoms with Crippen LogP contribution in [0.4, 0.5) is 0 Å². The number of hydrogen-bond donors (Lipinski definition) is 2. The molecule has 0 spiro atoms. The third-order valence-electron chi connectivity index (χ3n) is 3.59. The standard InChI is InChI=1S/C10H17NO2/c12-10(13)9-3-1-2-7-6-11-5-4-8(7)9/h7-9,11H,1-6H2,(H,12,13). The van der Waals surface area contributed by atoms with Crippen molar-refractivity contribution in [2.75, 3.05) is 13.1 Å². The van der Waals surface area contributed by atoms with E-state index < -0.39 is 5.97 Å². The zero-order valence-corrected chi connectivity index (χ0v) is 7.83. The van der Waals surface area contributed by atoms with Gasteiger partial charge >= 0.3 is 5.97 Å². The number of hydrogen-bond acceptors (Lipinski definition) is 2. The maximum atomic E-state index is 11.0. The van der Waals surface area contributed by atoms with Crippen molar-refractivity contribution in [3.8, 4) is 0 Å². The van der Waals surface area contributed by atoms with Crippen LogP contribution in [0, 0.1) is 17.8 Å². The van der Waals surface area contributed by atoms with Gasteiger partial charge in [0.05, 0.1) is 5.92 Å².